The van der Waals surface area contributed by atoms with Gasteiger partial charge in [-0.2, -0.15) is 0 Å². The maximum atomic E-state index is 11.1. The summed E-state index contributed by atoms with van der Waals surface area (Å²) in [6.45, 7) is 5.62. The van der Waals surface area contributed by atoms with E-state index in [2.05, 4.69) is 23.7 Å². The largest absolute Gasteiger partial charge is 0.450 e. The maximum Gasteiger partial charge on any atom is 0.411 e. The summed E-state index contributed by atoms with van der Waals surface area (Å²) < 4.78 is 4.75. The average Bonchev–Trinajstić information content (AvgIpc) is 2.28. The molecule has 3 nitrogen and oxygen atoms in total. The molecule has 0 spiro atoms. The number of carbonyl (C=O) groups is 1. The lowest BCUT2D eigenvalue weighted by atomic mass is 10.2. The fraction of sp³-hybridized carbons (Fsp3) is 0.154. The van der Waals surface area contributed by atoms with Crippen LogP contribution in [0.1, 0.15) is 12.5 Å². The zero-order valence-electron chi connectivity index (χ0n) is 9.12. The van der Waals surface area contributed by atoms with E-state index in [1.807, 2.05) is 12.1 Å². The van der Waals surface area contributed by atoms with Crippen LogP contribution in [0.2, 0.25) is 0 Å². The molecule has 1 aromatic rings. The van der Waals surface area contributed by atoms with Gasteiger partial charge in [0.1, 0.15) is 0 Å². The third-order valence-corrected chi connectivity index (χ3v) is 1.73. The molecule has 1 N–H and O–H groups in total. The number of hydrogen-bond donors (Lipinski definition) is 1. The minimum atomic E-state index is -0.451. The number of carbonyl (C=O) groups excluding carboxylic acids is 1. The first-order valence-corrected chi connectivity index (χ1v) is 4.92. The molecule has 0 aliphatic heterocycles. The number of nitrogens with one attached hydrogen (secondary N) is 1. The summed E-state index contributed by atoms with van der Waals surface area (Å²) in [5.74, 6) is 5.63. The molecule has 0 fully saturated rings. The summed E-state index contributed by atoms with van der Waals surface area (Å²) in [6.07, 6.45) is 1.08. The molecule has 0 radical (unpaired) electrons. The second kappa shape index (κ2) is 6.31. The van der Waals surface area contributed by atoms with Gasteiger partial charge in [0, 0.05) is 11.3 Å². The highest BCUT2D eigenvalue weighted by Gasteiger charge is 2.00. The minimum absolute atomic E-state index is 0.356. The van der Waals surface area contributed by atoms with E-state index in [1.54, 1.807) is 19.1 Å². The third kappa shape index (κ3) is 3.89. The zero-order valence-corrected chi connectivity index (χ0v) is 9.12. The monoisotopic (exact) mass is 215 g/mol. The van der Waals surface area contributed by atoms with Gasteiger partial charge in [0.15, 0.2) is 0 Å². The van der Waals surface area contributed by atoms with E-state index in [9.17, 15) is 4.79 Å². The van der Waals surface area contributed by atoms with Crippen LogP contribution in [0.15, 0.2) is 36.9 Å². The van der Waals surface area contributed by atoms with Crippen LogP contribution >= 0.6 is 0 Å². The number of allylic oxidation sites excluding steroid dienone is 1. The van der Waals surface area contributed by atoms with Gasteiger partial charge >= 0.3 is 6.09 Å². The first kappa shape index (κ1) is 11.9. The van der Waals surface area contributed by atoms with Crippen LogP contribution < -0.4 is 5.32 Å². The standard InChI is InChI=1S/C13H13NO2/c1-3-5-6-11-7-9-12(10-8-11)14-13(15)16-4-2/h3,7-10H,1,4H2,2H3,(H,14,15). The van der Waals surface area contributed by atoms with Crippen molar-refractivity contribution < 1.29 is 9.53 Å². The molecule has 1 amide bonds. The van der Waals surface area contributed by atoms with Crippen LogP contribution in [-0.2, 0) is 4.74 Å². The van der Waals surface area contributed by atoms with Crippen molar-refractivity contribution in [2.45, 2.75) is 6.92 Å². The molecule has 1 aromatic carbocycles. The molecule has 0 saturated carbocycles. The zero-order chi connectivity index (χ0) is 11.8. The number of benzene rings is 1. The molecule has 16 heavy (non-hydrogen) atoms. The number of hydrogen-bond acceptors (Lipinski definition) is 2. The molecule has 0 aliphatic rings. The van der Waals surface area contributed by atoms with Crippen molar-refractivity contribution in [2.24, 2.45) is 0 Å². The quantitative estimate of drug-likeness (QED) is 0.770. The highest BCUT2D eigenvalue weighted by atomic mass is 16.5. The van der Waals surface area contributed by atoms with Crippen molar-refractivity contribution in [2.75, 3.05) is 11.9 Å². The molecular formula is C13H13NO2. The van der Waals surface area contributed by atoms with Crippen molar-refractivity contribution in [1.29, 1.82) is 0 Å². The van der Waals surface area contributed by atoms with Gasteiger partial charge < -0.3 is 4.74 Å². The first-order chi connectivity index (χ1) is 7.76. The Hall–Kier alpha value is -2.21. The molecule has 82 valence electrons. The van der Waals surface area contributed by atoms with E-state index < -0.39 is 6.09 Å². The van der Waals surface area contributed by atoms with Gasteiger partial charge in [-0.15, -0.1) is 0 Å². The van der Waals surface area contributed by atoms with Crippen LogP contribution in [0.4, 0.5) is 10.5 Å². The van der Waals surface area contributed by atoms with Gasteiger partial charge in [0.2, 0.25) is 0 Å². The molecule has 1 rings (SSSR count). The number of ether oxygens (including phenoxy) is 1. The molecule has 0 aromatic heterocycles. The maximum absolute atomic E-state index is 11.1. The molecule has 3 heteroatoms. The van der Waals surface area contributed by atoms with Gasteiger partial charge in [-0.3, -0.25) is 5.32 Å². The van der Waals surface area contributed by atoms with E-state index in [1.165, 1.54) is 6.08 Å². The van der Waals surface area contributed by atoms with Gasteiger partial charge in [0.05, 0.1) is 6.61 Å². The topological polar surface area (TPSA) is 38.3 Å². The van der Waals surface area contributed by atoms with Crippen LogP contribution in [0.5, 0.6) is 0 Å². The Kier molecular flexibility index (Phi) is 4.68. The Morgan fingerprint density at radius 1 is 1.50 bits per heavy atom. The van der Waals surface area contributed by atoms with E-state index in [4.69, 9.17) is 4.74 Å². The summed E-state index contributed by atoms with van der Waals surface area (Å²) in [4.78, 5) is 11.1. The third-order valence-electron chi connectivity index (χ3n) is 1.73. The van der Waals surface area contributed by atoms with Gasteiger partial charge in [-0.25, -0.2) is 4.79 Å². The van der Waals surface area contributed by atoms with Gasteiger partial charge in [0.25, 0.3) is 0 Å². The number of amides is 1. The van der Waals surface area contributed by atoms with E-state index >= 15 is 0 Å². The lowest BCUT2D eigenvalue weighted by molar-refractivity contribution is 0.168. The highest BCUT2D eigenvalue weighted by molar-refractivity contribution is 5.84. The summed E-state index contributed by atoms with van der Waals surface area (Å²) in [7, 11) is 0. The Labute approximate surface area is 95.1 Å². The fourth-order valence-corrected chi connectivity index (χ4v) is 1.06. The molecule has 0 heterocycles. The van der Waals surface area contributed by atoms with Gasteiger partial charge in [-0.05, 0) is 37.3 Å². The predicted octanol–water partition coefficient (Wildman–Crippen LogP) is 2.79. The van der Waals surface area contributed by atoms with E-state index in [0.29, 0.717) is 12.3 Å². The SMILES string of the molecule is C=CC#Cc1ccc(NC(=O)OCC)cc1. The minimum Gasteiger partial charge on any atom is -0.450 e. The molecule has 0 unspecified atom stereocenters. The summed E-state index contributed by atoms with van der Waals surface area (Å²) in [5, 5.41) is 2.60. The average molecular weight is 215 g/mol. The van der Waals surface area contributed by atoms with Crippen LogP contribution in [0.25, 0.3) is 0 Å². The van der Waals surface area contributed by atoms with Crippen LogP contribution in [-0.4, -0.2) is 12.7 Å². The normalized spacial score (nSPS) is 8.56. The molecule has 0 bridgehead atoms. The summed E-state index contributed by atoms with van der Waals surface area (Å²) >= 11 is 0. The Balaban J connectivity index is 2.64. The van der Waals surface area contributed by atoms with Crippen molar-refractivity contribution in [1.82, 2.24) is 0 Å². The lowest BCUT2D eigenvalue weighted by Crippen LogP contribution is -2.13. The van der Waals surface area contributed by atoms with Crippen LogP contribution in [0, 0.1) is 11.8 Å². The van der Waals surface area contributed by atoms with Crippen LogP contribution in [0.3, 0.4) is 0 Å². The summed E-state index contributed by atoms with van der Waals surface area (Å²) in [5.41, 5.74) is 1.55. The van der Waals surface area contributed by atoms with Crippen molar-refractivity contribution in [3.63, 3.8) is 0 Å². The van der Waals surface area contributed by atoms with E-state index in [-0.39, 0.29) is 0 Å². The van der Waals surface area contributed by atoms with Gasteiger partial charge in [-0.1, -0.05) is 18.4 Å². The predicted molar refractivity (Wildman–Crippen MR) is 64.2 cm³/mol. The lowest BCUT2D eigenvalue weighted by Gasteiger charge is -2.04. The highest BCUT2D eigenvalue weighted by Crippen LogP contribution is 2.08. The molecule has 0 aliphatic carbocycles. The molecular weight excluding hydrogens is 202 g/mol. The van der Waals surface area contributed by atoms with Crippen molar-refractivity contribution >= 4 is 11.8 Å². The Morgan fingerprint density at radius 3 is 2.75 bits per heavy atom. The smallest absolute Gasteiger partial charge is 0.411 e. The Morgan fingerprint density at radius 2 is 2.19 bits per heavy atom. The van der Waals surface area contributed by atoms with E-state index in [0.717, 1.165) is 5.56 Å². The summed E-state index contributed by atoms with van der Waals surface area (Å²) in [6, 6.07) is 7.17. The second-order valence-corrected chi connectivity index (χ2v) is 2.90. The number of anilines is 1. The van der Waals surface area contributed by atoms with Crippen molar-refractivity contribution in [3.05, 3.63) is 42.5 Å². The molecule has 0 saturated heterocycles. The molecule has 0 atom stereocenters. The van der Waals surface area contributed by atoms with Crippen molar-refractivity contribution in [3.8, 4) is 11.8 Å². The first-order valence-electron chi connectivity index (χ1n) is 4.92. The Bertz CT molecular complexity index is 423. The second-order valence-electron chi connectivity index (χ2n) is 2.90. The fourth-order valence-electron chi connectivity index (χ4n) is 1.06. The number of rotatable bonds is 2.